The van der Waals surface area contributed by atoms with E-state index in [0.29, 0.717) is 18.7 Å². The molecule has 0 aliphatic carbocycles. The topological polar surface area (TPSA) is 41.6 Å². The molecule has 0 saturated carbocycles. The van der Waals surface area contributed by atoms with Crippen molar-refractivity contribution >= 4 is 18.3 Å². The van der Waals surface area contributed by atoms with Crippen molar-refractivity contribution in [3.8, 4) is 5.75 Å². The van der Waals surface area contributed by atoms with Crippen LogP contribution >= 0.6 is 12.4 Å². The fourth-order valence-electron chi connectivity index (χ4n) is 3.74. The summed E-state index contributed by atoms with van der Waals surface area (Å²) in [6.45, 7) is 2.20. The van der Waals surface area contributed by atoms with E-state index in [9.17, 15) is 4.79 Å². The smallest absolute Gasteiger partial charge is 0.253 e. The molecule has 4 nitrogen and oxygen atoms in total. The highest BCUT2D eigenvalue weighted by Crippen LogP contribution is 2.22. The maximum Gasteiger partial charge on any atom is 0.253 e. The lowest BCUT2D eigenvalue weighted by molar-refractivity contribution is 0.0748. The molecular weight excluding hydrogens is 348 g/mol. The summed E-state index contributed by atoms with van der Waals surface area (Å²) in [5.74, 6) is 0.918. The van der Waals surface area contributed by atoms with Gasteiger partial charge in [-0.1, -0.05) is 30.3 Å². The van der Waals surface area contributed by atoms with Gasteiger partial charge in [-0.3, -0.25) is 4.79 Å². The van der Waals surface area contributed by atoms with Crippen molar-refractivity contribution in [2.45, 2.75) is 38.0 Å². The van der Waals surface area contributed by atoms with E-state index in [2.05, 4.69) is 5.32 Å². The van der Waals surface area contributed by atoms with E-state index < -0.39 is 0 Å². The van der Waals surface area contributed by atoms with E-state index in [1.165, 1.54) is 12.8 Å². The molecule has 2 heterocycles. The number of likely N-dealkylation sites (tertiary alicyclic amines) is 1. The molecule has 26 heavy (non-hydrogen) atoms. The maximum absolute atomic E-state index is 12.8. The molecule has 2 unspecified atom stereocenters. The first kappa shape index (κ1) is 18.7. The first-order valence-corrected chi connectivity index (χ1v) is 9.10. The Morgan fingerprint density at radius 2 is 1.73 bits per heavy atom. The highest BCUT2D eigenvalue weighted by molar-refractivity contribution is 5.94. The summed E-state index contributed by atoms with van der Waals surface area (Å²) in [5.41, 5.74) is 1.87. The van der Waals surface area contributed by atoms with Crippen molar-refractivity contribution < 1.29 is 9.53 Å². The van der Waals surface area contributed by atoms with Gasteiger partial charge in [-0.05, 0) is 49.1 Å². The molecule has 2 aliphatic heterocycles. The van der Waals surface area contributed by atoms with Crippen LogP contribution in [-0.2, 0) is 6.61 Å². The van der Waals surface area contributed by atoms with Crippen LogP contribution in [0.25, 0.3) is 0 Å². The molecule has 2 aromatic carbocycles. The second kappa shape index (κ2) is 8.56. The number of carbonyl (C=O) groups is 1. The highest BCUT2D eigenvalue weighted by atomic mass is 35.5. The van der Waals surface area contributed by atoms with Crippen molar-refractivity contribution in [2.24, 2.45) is 0 Å². The minimum Gasteiger partial charge on any atom is -0.489 e. The average Bonchev–Trinajstić information content (AvgIpc) is 2.99. The van der Waals surface area contributed by atoms with Crippen LogP contribution in [0.5, 0.6) is 5.75 Å². The molecule has 2 bridgehead atoms. The van der Waals surface area contributed by atoms with E-state index in [1.807, 2.05) is 59.5 Å². The number of carbonyl (C=O) groups excluding carboxylic acids is 1. The van der Waals surface area contributed by atoms with Crippen molar-refractivity contribution in [2.75, 3.05) is 13.1 Å². The molecule has 1 amide bonds. The predicted molar refractivity (Wildman–Crippen MR) is 105 cm³/mol. The van der Waals surface area contributed by atoms with Gasteiger partial charge in [0.1, 0.15) is 12.4 Å². The Hall–Kier alpha value is -2.04. The zero-order chi connectivity index (χ0) is 17.1. The van der Waals surface area contributed by atoms with E-state index in [4.69, 9.17) is 4.74 Å². The molecule has 2 fully saturated rings. The number of hydrogen-bond donors (Lipinski definition) is 1. The first-order chi connectivity index (χ1) is 12.3. The standard InChI is InChI=1S/C21H24N2O2.ClH/c24-21(23-13-12-18-8-9-19(14-23)22-18)17-6-10-20(11-7-17)25-15-16-4-2-1-3-5-16;/h1-7,10-11,18-19,22H,8-9,12-15H2;1H. The molecule has 0 spiro atoms. The third kappa shape index (κ3) is 4.37. The van der Waals surface area contributed by atoms with Crippen molar-refractivity contribution in [1.82, 2.24) is 10.2 Å². The SMILES string of the molecule is Cl.O=C(c1ccc(OCc2ccccc2)cc1)N1CCC2CCC(C1)N2. The van der Waals surface area contributed by atoms with Gasteiger partial charge in [0.25, 0.3) is 5.91 Å². The zero-order valence-corrected chi connectivity index (χ0v) is 15.6. The van der Waals surface area contributed by atoms with E-state index >= 15 is 0 Å². The lowest BCUT2D eigenvalue weighted by atomic mass is 10.1. The van der Waals surface area contributed by atoms with Gasteiger partial charge in [-0.2, -0.15) is 0 Å². The molecule has 2 saturated heterocycles. The number of nitrogens with one attached hydrogen (secondary N) is 1. The number of rotatable bonds is 4. The van der Waals surface area contributed by atoms with Crippen molar-refractivity contribution in [1.29, 1.82) is 0 Å². The Labute approximate surface area is 160 Å². The van der Waals surface area contributed by atoms with Crippen LogP contribution in [0, 0.1) is 0 Å². The van der Waals surface area contributed by atoms with Gasteiger partial charge in [-0.25, -0.2) is 0 Å². The summed E-state index contributed by atoms with van der Waals surface area (Å²) >= 11 is 0. The number of ether oxygens (including phenoxy) is 1. The Balaban J connectivity index is 0.00000196. The van der Waals surface area contributed by atoms with E-state index in [-0.39, 0.29) is 18.3 Å². The van der Waals surface area contributed by atoms with Gasteiger partial charge < -0.3 is 15.0 Å². The van der Waals surface area contributed by atoms with Gasteiger partial charge in [0, 0.05) is 30.7 Å². The lowest BCUT2D eigenvalue weighted by Gasteiger charge is -2.24. The van der Waals surface area contributed by atoms with Crippen LogP contribution in [0.1, 0.15) is 35.2 Å². The summed E-state index contributed by atoms with van der Waals surface area (Å²) in [6.07, 6.45) is 3.49. The Kier molecular flexibility index (Phi) is 6.17. The Bertz CT molecular complexity index is 721. The molecule has 138 valence electrons. The molecule has 5 heteroatoms. The highest BCUT2D eigenvalue weighted by Gasteiger charge is 2.31. The number of nitrogens with zero attached hydrogens (tertiary/aromatic N) is 1. The Morgan fingerprint density at radius 1 is 1.00 bits per heavy atom. The molecule has 2 atom stereocenters. The van der Waals surface area contributed by atoms with Gasteiger partial charge in [0.2, 0.25) is 0 Å². The quantitative estimate of drug-likeness (QED) is 0.890. The van der Waals surface area contributed by atoms with Crippen molar-refractivity contribution in [3.05, 3.63) is 65.7 Å². The monoisotopic (exact) mass is 372 g/mol. The fraction of sp³-hybridized carbons (Fsp3) is 0.381. The third-order valence-corrected chi connectivity index (χ3v) is 5.16. The van der Waals surface area contributed by atoms with Crippen LogP contribution < -0.4 is 10.1 Å². The van der Waals surface area contributed by atoms with Crippen LogP contribution in [0.3, 0.4) is 0 Å². The number of fused-ring (bicyclic) bond motifs is 2. The maximum atomic E-state index is 12.8. The van der Waals surface area contributed by atoms with Crippen LogP contribution in [0.15, 0.2) is 54.6 Å². The van der Waals surface area contributed by atoms with Crippen LogP contribution in [0.2, 0.25) is 0 Å². The van der Waals surface area contributed by atoms with E-state index in [1.54, 1.807) is 0 Å². The van der Waals surface area contributed by atoms with Crippen LogP contribution in [-0.4, -0.2) is 36.0 Å². The molecule has 1 N–H and O–H groups in total. The Morgan fingerprint density at radius 3 is 2.50 bits per heavy atom. The predicted octanol–water partition coefficient (Wildman–Crippen LogP) is 3.65. The fourth-order valence-corrected chi connectivity index (χ4v) is 3.74. The summed E-state index contributed by atoms with van der Waals surface area (Å²) < 4.78 is 5.80. The second-order valence-corrected chi connectivity index (χ2v) is 6.98. The normalized spacial score (nSPS) is 21.6. The molecular formula is C21H25ClN2O2. The van der Waals surface area contributed by atoms with Gasteiger partial charge in [-0.15, -0.1) is 12.4 Å². The summed E-state index contributed by atoms with van der Waals surface area (Å²) in [5, 5.41) is 3.62. The number of hydrogen-bond acceptors (Lipinski definition) is 3. The molecule has 0 radical (unpaired) electrons. The summed E-state index contributed by atoms with van der Waals surface area (Å²) in [6, 6.07) is 18.7. The number of benzene rings is 2. The minimum absolute atomic E-state index is 0. The summed E-state index contributed by atoms with van der Waals surface area (Å²) in [7, 11) is 0. The molecule has 4 rings (SSSR count). The van der Waals surface area contributed by atoms with Gasteiger partial charge in [0.05, 0.1) is 0 Å². The van der Waals surface area contributed by atoms with Gasteiger partial charge in [0.15, 0.2) is 0 Å². The lowest BCUT2D eigenvalue weighted by Crippen LogP contribution is -2.39. The number of halogens is 1. The van der Waals surface area contributed by atoms with Gasteiger partial charge >= 0.3 is 0 Å². The molecule has 0 aromatic heterocycles. The average molecular weight is 373 g/mol. The molecule has 2 aromatic rings. The zero-order valence-electron chi connectivity index (χ0n) is 14.8. The summed E-state index contributed by atoms with van der Waals surface area (Å²) in [4.78, 5) is 14.8. The molecule has 2 aliphatic rings. The first-order valence-electron chi connectivity index (χ1n) is 9.10. The van der Waals surface area contributed by atoms with Crippen molar-refractivity contribution in [3.63, 3.8) is 0 Å². The third-order valence-electron chi connectivity index (χ3n) is 5.16. The van der Waals surface area contributed by atoms with Crippen LogP contribution in [0.4, 0.5) is 0 Å². The van der Waals surface area contributed by atoms with E-state index in [0.717, 1.165) is 36.4 Å². The number of amides is 1. The largest absolute Gasteiger partial charge is 0.489 e. The minimum atomic E-state index is 0. The second-order valence-electron chi connectivity index (χ2n) is 6.98.